The summed E-state index contributed by atoms with van der Waals surface area (Å²) in [5, 5.41) is 11.9. The number of pyridine rings is 1. The van der Waals surface area contributed by atoms with Crippen molar-refractivity contribution in [3.8, 4) is 6.07 Å². The van der Waals surface area contributed by atoms with Gasteiger partial charge in [0.25, 0.3) is 0 Å². The summed E-state index contributed by atoms with van der Waals surface area (Å²) < 4.78 is 0. The highest BCUT2D eigenvalue weighted by Crippen LogP contribution is 2.25. The van der Waals surface area contributed by atoms with Crippen LogP contribution in [0.4, 0.5) is 5.69 Å². The summed E-state index contributed by atoms with van der Waals surface area (Å²) >= 11 is 1.31. The number of carbonyl (C=O) groups is 2. The summed E-state index contributed by atoms with van der Waals surface area (Å²) in [4.78, 5) is 27.6. The molecule has 1 heterocycles. The number of hydrogen-bond donors (Lipinski definition) is 1. The molecule has 2 aromatic rings. The number of rotatable bonds is 5. The van der Waals surface area contributed by atoms with E-state index in [9.17, 15) is 9.59 Å². The molecule has 1 N–H and O–H groups in total. The van der Waals surface area contributed by atoms with E-state index in [1.165, 1.54) is 18.7 Å². The van der Waals surface area contributed by atoms with E-state index in [1.54, 1.807) is 49.5 Å². The lowest BCUT2D eigenvalue weighted by Gasteiger charge is -2.10. The smallest absolute Gasteiger partial charge is 0.221 e. The molecule has 23 heavy (non-hydrogen) atoms. The Bertz CT molecular complexity index is 766. The second kappa shape index (κ2) is 7.56. The van der Waals surface area contributed by atoms with E-state index in [2.05, 4.69) is 16.4 Å². The highest BCUT2D eigenvalue weighted by Gasteiger charge is 2.17. The first kappa shape index (κ1) is 16.7. The number of carbonyl (C=O) groups excluding carboxylic acids is 2. The average Bonchev–Trinajstić information content (AvgIpc) is 2.54. The van der Waals surface area contributed by atoms with Gasteiger partial charge in [-0.15, -0.1) is 0 Å². The van der Waals surface area contributed by atoms with Crippen molar-refractivity contribution < 1.29 is 9.59 Å². The standard InChI is InChI=1S/C17H15N3O2S/c1-11(23-16-9-13(10-18)7-8-19-16)17(22)14-3-5-15(6-4-14)20-12(2)21/h3-9,11H,1-2H3,(H,20,21). The van der Waals surface area contributed by atoms with Crippen molar-refractivity contribution in [2.24, 2.45) is 0 Å². The number of anilines is 1. The summed E-state index contributed by atoms with van der Waals surface area (Å²) in [5.41, 5.74) is 1.73. The first-order valence-corrected chi connectivity index (χ1v) is 7.82. The van der Waals surface area contributed by atoms with Crippen LogP contribution in [0.15, 0.2) is 47.6 Å². The zero-order chi connectivity index (χ0) is 16.8. The highest BCUT2D eigenvalue weighted by atomic mass is 32.2. The number of benzene rings is 1. The molecule has 0 saturated carbocycles. The lowest BCUT2D eigenvalue weighted by Crippen LogP contribution is -2.14. The fraction of sp³-hybridized carbons (Fsp3) is 0.176. The fourth-order valence-electron chi connectivity index (χ4n) is 1.93. The van der Waals surface area contributed by atoms with E-state index in [-0.39, 0.29) is 16.9 Å². The Morgan fingerprint density at radius 1 is 1.26 bits per heavy atom. The number of thioether (sulfide) groups is 1. The van der Waals surface area contributed by atoms with Gasteiger partial charge in [-0.1, -0.05) is 11.8 Å². The molecule has 2 rings (SSSR count). The summed E-state index contributed by atoms with van der Waals surface area (Å²) in [6, 6.07) is 12.1. The Morgan fingerprint density at radius 2 is 1.96 bits per heavy atom. The van der Waals surface area contributed by atoms with Gasteiger partial charge in [-0.3, -0.25) is 9.59 Å². The van der Waals surface area contributed by atoms with Gasteiger partial charge in [-0.05, 0) is 43.3 Å². The van der Waals surface area contributed by atoms with Crippen molar-refractivity contribution in [3.05, 3.63) is 53.7 Å². The number of nitriles is 1. The maximum atomic E-state index is 12.4. The van der Waals surface area contributed by atoms with Crippen molar-refractivity contribution in [2.45, 2.75) is 24.1 Å². The number of aromatic nitrogens is 1. The normalized spacial score (nSPS) is 11.3. The lowest BCUT2D eigenvalue weighted by molar-refractivity contribution is -0.114. The molecule has 0 fully saturated rings. The van der Waals surface area contributed by atoms with Crippen molar-refractivity contribution in [1.82, 2.24) is 4.98 Å². The molecule has 6 heteroatoms. The van der Waals surface area contributed by atoms with Gasteiger partial charge in [-0.2, -0.15) is 5.26 Å². The summed E-state index contributed by atoms with van der Waals surface area (Å²) in [5.74, 6) is -0.190. The van der Waals surface area contributed by atoms with Gasteiger partial charge >= 0.3 is 0 Å². The molecule has 1 aromatic carbocycles. The molecule has 5 nitrogen and oxygen atoms in total. The van der Waals surface area contributed by atoms with Gasteiger partial charge < -0.3 is 5.32 Å². The summed E-state index contributed by atoms with van der Waals surface area (Å²) in [7, 11) is 0. The van der Waals surface area contributed by atoms with E-state index in [0.29, 0.717) is 21.8 Å². The van der Waals surface area contributed by atoms with Crippen LogP contribution in [0, 0.1) is 11.3 Å². The Morgan fingerprint density at radius 3 is 2.57 bits per heavy atom. The molecule has 0 bridgehead atoms. The summed E-state index contributed by atoms with van der Waals surface area (Å²) in [6.07, 6.45) is 1.56. The van der Waals surface area contributed by atoms with Crippen LogP contribution in [0.2, 0.25) is 0 Å². The zero-order valence-electron chi connectivity index (χ0n) is 12.7. The van der Waals surface area contributed by atoms with Gasteiger partial charge in [0.15, 0.2) is 5.78 Å². The Labute approximate surface area is 138 Å². The van der Waals surface area contributed by atoms with Crippen LogP contribution in [0.25, 0.3) is 0 Å². The topological polar surface area (TPSA) is 82.9 Å². The minimum absolute atomic E-state index is 0.0338. The number of ketones is 1. The quantitative estimate of drug-likeness (QED) is 0.674. The minimum atomic E-state index is -0.331. The predicted molar refractivity (Wildman–Crippen MR) is 89.3 cm³/mol. The van der Waals surface area contributed by atoms with Crippen molar-refractivity contribution in [2.75, 3.05) is 5.32 Å². The second-order valence-electron chi connectivity index (χ2n) is 4.88. The van der Waals surface area contributed by atoms with E-state index in [0.717, 1.165) is 0 Å². The molecule has 1 unspecified atom stereocenters. The van der Waals surface area contributed by atoms with E-state index in [4.69, 9.17) is 5.26 Å². The van der Waals surface area contributed by atoms with Crippen molar-refractivity contribution in [1.29, 1.82) is 5.26 Å². The average molecular weight is 325 g/mol. The predicted octanol–water partition coefficient (Wildman–Crippen LogP) is 3.28. The van der Waals surface area contributed by atoms with Gasteiger partial charge in [0, 0.05) is 24.4 Å². The zero-order valence-corrected chi connectivity index (χ0v) is 13.6. The lowest BCUT2D eigenvalue weighted by atomic mass is 10.1. The van der Waals surface area contributed by atoms with Gasteiger partial charge in [0.1, 0.15) is 0 Å². The van der Waals surface area contributed by atoms with Crippen LogP contribution >= 0.6 is 11.8 Å². The van der Waals surface area contributed by atoms with Crippen molar-refractivity contribution in [3.63, 3.8) is 0 Å². The molecule has 0 aliphatic carbocycles. The molecule has 1 amide bonds. The fourth-order valence-corrected chi connectivity index (χ4v) is 2.86. The van der Waals surface area contributed by atoms with E-state index >= 15 is 0 Å². The van der Waals surface area contributed by atoms with Crippen LogP contribution in [-0.2, 0) is 4.79 Å². The Balaban J connectivity index is 2.07. The molecular formula is C17H15N3O2S. The van der Waals surface area contributed by atoms with E-state index in [1.807, 2.05) is 0 Å². The summed E-state index contributed by atoms with van der Waals surface area (Å²) in [6.45, 7) is 3.23. The van der Waals surface area contributed by atoms with Gasteiger partial charge in [0.2, 0.25) is 5.91 Å². The maximum absolute atomic E-state index is 12.4. The molecule has 0 spiro atoms. The molecule has 0 saturated heterocycles. The largest absolute Gasteiger partial charge is 0.326 e. The second-order valence-corrected chi connectivity index (χ2v) is 6.24. The monoisotopic (exact) mass is 325 g/mol. The molecule has 1 atom stereocenters. The van der Waals surface area contributed by atoms with Crippen molar-refractivity contribution >= 4 is 29.1 Å². The van der Waals surface area contributed by atoms with Crippen LogP contribution in [0.3, 0.4) is 0 Å². The molecule has 0 aliphatic heterocycles. The number of nitrogens with one attached hydrogen (secondary N) is 1. The van der Waals surface area contributed by atoms with Crippen LogP contribution < -0.4 is 5.32 Å². The third-order valence-corrected chi connectivity index (χ3v) is 4.05. The first-order valence-electron chi connectivity index (χ1n) is 6.94. The van der Waals surface area contributed by atoms with Gasteiger partial charge in [-0.25, -0.2) is 4.98 Å². The number of amides is 1. The number of nitrogens with zero attached hydrogens (tertiary/aromatic N) is 2. The van der Waals surface area contributed by atoms with Crippen LogP contribution in [0.1, 0.15) is 29.8 Å². The molecule has 0 aliphatic rings. The SMILES string of the molecule is CC(=O)Nc1ccc(C(=O)C(C)Sc2cc(C#N)ccn2)cc1. The minimum Gasteiger partial charge on any atom is -0.326 e. The third-order valence-electron chi connectivity index (χ3n) is 3.02. The first-order chi connectivity index (χ1) is 11.0. The Hall–Kier alpha value is -2.65. The third kappa shape index (κ3) is 4.66. The molecule has 0 radical (unpaired) electrons. The Kier molecular flexibility index (Phi) is 5.50. The van der Waals surface area contributed by atoms with Gasteiger partial charge in [0.05, 0.1) is 21.9 Å². The van der Waals surface area contributed by atoms with E-state index < -0.39 is 0 Å². The molecule has 116 valence electrons. The number of hydrogen-bond acceptors (Lipinski definition) is 5. The number of Topliss-reactive ketones (excluding diaryl/α,β-unsaturated/α-hetero) is 1. The molecular weight excluding hydrogens is 310 g/mol. The highest BCUT2D eigenvalue weighted by molar-refractivity contribution is 8.00. The van der Waals surface area contributed by atoms with Crippen LogP contribution in [-0.4, -0.2) is 21.9 Å². The maximum Gasteiger partial charge on any atom is 0.221 e. The molecule has 1 aromatic heterocycles. The van der Waals surface area contributed by atoms with Crippen LogP contribution in [0.5, 0.6) is 0 Å².